The van der Waals surface area contributed by atoms with E-state index in [2.05, 4.69) is 15.5 Å². The van der Waals surface area contributed by atoms with Crippen LogP contribution in [-0.4, -0.2) is 15.6 Å². The minimum Gasteiger partial charge on any atom is -0.307 e. The minimum absolute atomic E-state index is 0.589. The monoisotopic (exact) mass is 284 g/mol. The van der Waals surface area contributed by atoms with Crippen LogP contribution in [0.4, 0.5) is 0 Å². The van der Waals surface area contributed by atoms with E-state index in [-0.39, 0.29) is 0 Å². The van der Waals surface area contributed by atoms with Crippen LogP contribution >= 0.6 is 11.6 Å². The lowest BCUT2D eigenvalue weighted by molar-refractivity contribution is 0.734. The van der Waals surface area contributed by atoms with Crippen LogP contribution in [0, 0.1) is 0 Å². The van der Waals surface area contributed by atoms with Gasteiger partial charge in [-0.15, -0.1) is 0 Å². The molecule has 0 aliphatic heterocycles. The molecule has 20 heavy (non-hydrogen) atoms. The molecule has 0 spiro atoms. The minimum atomic E-state index is 0.589. The van der Waals surface area contributed by atoms with Crippen LogP contribution in [0.3, 0.4) is 0 Å². The Morgan fingerprint density at radius 3 is 2.85 bits per heavy atom. The van der Waals surface area contributed by atoms with Gasteiger partial charge in [-0.1, -0.05) is 29.8 Å². The second kappa shape index (κ2) is 5.75. The van der Waals surface area contributed by atoms with Crippen molar-refractivity contribution in [3.63, 3.8) is 0 Å². The smallest absolute Gasteiger partial charge is 0.137 e. The molecule has 0 atom stereocenters. The van der Waals surface area contributed by atoms with Gasteiger partial charge in [-0.25, -0.2) is 4.98 Å². The van der Waals surface area contributed by atoms with Gasteiger partial charge in [0.05, 0.1) is 18.5 Å². The van der Waals surface area contributed by atoms with Crippen molar-refractivity contribution in [2.75, 3.05) is 0 Å². The number of aromatic nitrogens is 2. The molecule has 0 radical (unpaired) electrons. The Hall–Kier alpha value is -2.33. The van der Waals surface area contributed by atoms with Crippen molar-refractivity contribution in [2.24, 2.45) is 5.10 Å². The average Bonchev–Trinajstić information content (AvgIpc) is 2.88. The normalized spacial score (nSPS) is 11.2. The van der Waals surface area contributed by atoms with Crippen molar-refractivity contribution >= 4 is 23.5 Å². The number of hydrogen-bond acceptors (Lipinski definition) is 3. The van der Waals surface area contributed by atoms with Gasteiger partial charge in [-0.05, 0) is 29.8 Å². The van der Waals surface area contributed by atoms with Gasteiger partial charge in [0.25, 0.3) is 0 Å². The number of rotatable bonds is 4. The maximum atomic E-state index is 5.82. The van der Waals surface area contributed by atoms with Crippen molar-refractivity contribution in [3.8, 4) is 0 Å². The van der Waals surface area contributed by atoms with E-state index in [9.17, 15) is 0 Å². The Bertz CT molecular complexity index is 698. The summed E-state index contributed by atoms with van der Waals surface area (Å²) in [7, 11) is 0. The second-order valence-corrected chi connectivity index (χ2v) is 4.78. The largest absolute Gasteiger partial charge is 0.307 e. The van der Waals surface area contributed by atoms with E-state index in [1.54, 1.807) is 6.21 Å². The van der Waals surface area contributed by atoms with Crippen molar-refractivity contribution in [1.29, 1.82) is 0 Å². The molecule has 0 fully saturated rings. The van der Waals surface area contributed by atoms with Crippen LogP contribution in [0.2, 0.25) is 5.02 Å². The quantitative estimate of drug-likeness (QED) is 0.591. The summed E-state index contributed by atoms with van der Waals surface area (Å²) in [5.41, 5.74) is 5.87. The maximum Gasteiger partial charge on any atom is 0.137 e. The zero-order valence-electron chi connectivity index (χ0n) is 10.7. The van der Waals surface area contributed by atoms with E-state index in [4.69, 9.17) is 11.6 Å². The van der Waals surface area contributed by atoms with Crippen LogP contribution in [0.25, 0.3) is 5.65 Å². The summed E-state index contributed by atoms with van der Waals surface area (Å²) in [6, 6.07) is 13.4. The van der Waals surface area contributed by atoms with Gasteiger partial charge in [0.15, 0.2) is 0 Å². The Labute approximate surface area is 121 Å². The molecule has 3 rings (SSSR count). The summed E-state index contributed by atoms with van der Waals surface area (Å²) in [5, 5.41) is 4.89. The molecule has 0 amide bonds. The molecular weight excluding hydrogens is 272 g/mol. The molecule has 4 nitrogen and oxygen atoms in total. The first-order valence-electron chi connectivity index (χ1n) is 6.25. The molecule has 0 aliphatic carbocycles. The topological polar surface area (TPSA) is 41.7 Å². The maximum absolute atomic E-state index is 5.82. The molecule has 5 heteroatoms. The third-order valence-electron chi connectivity index (χ3n) is 2.85. The molecule has 0 saturated heterocycles. The van der Waals surface area contributed by atoms with Crippen LogP contribution < -0.4 is 5.43 Å². The highest BCUT2D eigenvalue weighted by Gasteiger charge is 1.98. The molecule has 2 aromatic heterocycles. The fraction of sp³-hybridized carbons (Fsp3) is 0.0667. The van der Waals surface area contributed by atoms with Crippen molar-refractivity contribution in [2.45, 2.75) is 6.54 Å². The summed E-state index contributed by atoms with van der Waals surface area (Å²) in [4.78, 5) is 4.48. The Morgan fingerprint density at radius 2 is 2.05 bits per heavy atom. The highest BCUT2D eigenvalue weighted by molar-refractivity contribution is 6.30. The van der Waals surface area contributed by atoms with Gasteiger partial charge in [0, 0.05) is 17.4 Å². The van der Waals surface area contributed by atoms with Crippen LogP contribution in [0.1, 0.15) is 11.3 Å². The average molecular weight is 285 g/mol. The zero-order chi connectivity index (χ0) is 13.8. The molecule has 1 N–H and O–H groups in total. The molecule has 3 aromatic rings. The van der Waals surface area contributed by atoms with Crippen LogP contribution in [-0.2, 0) is 6.54 Å². The van der Waals surface area contributed by atoms with E-state index >= 15 is 0 Å². The van der Waals surface area contributed by atoms with Gasteiger partial charge in [0.1, 0.15) is 5.65 Å². The van der Waals surface area contributed by atoms with E-state index in [0.29, 0.717) is 6.54 Å². The molecule has 1 aromatic carbocycles. The van der Waals surface area contributed by atoms with E-state index < -0.39 is 0 Å². The predicted octanol–water partition coefficient (Wildman–Crippen LogP) is 3.11. The number of hydrogen-bond donors (Lipinski definition) is 1. The number of benzene rings is 1. The summed E-state index contributed by atoms with van der Waals surface area (Å²) in [5.74, 6) is 0. The molecule has 100 valence electrons. The lowest BCUT2D eigenvalue weighted by atomic mass is 10.2. The summed E-state index contributed by atoms with van der Waals surface area (Å²) >= 11 is 5.82. The van der Waals surface area contributed by atoms with E-state index in [1.807, 2.05) is 59.3 Å². The zero-order valence-corrected chi connectivity index (χ0v) is 11.5. The van der Waals surface area contributed by atoms with Gasteiger partial charge in [0.2, 0.25) is 0 Å². The van der Waals surface area contributed by atoms with Crippen molar-refractivity contribution in [3.05, 3.63) is 71.1 Å². The van der Waals surface area contributed by atoms with Gasteiger partial charge in [-0.3, -0.25) is 0 Å². The molecular formula is C15H13ClN4. The number of hydrazone groups is 1. The van der Waals surface area contributed by atoms with E-state index in [0.717, 1.165) is 21.9 Å². The number of pyridine rings is 1. The highest BCUT2D eigenvalue weighted by Crippen LogP contribution is 2.08. The molecule has 0 unspecified atom stereocenters. The second-order valence-electron chi connectivity index (χ2n) is 4.34. The third kappa shape index (κ3) is 2.97. The van der Waals surface area contributed by atoms with Gasteiger partial charge >= 0.3 is 0 Å². The Balaban J connectivity index is 1.60. The molecule has 0 bridgehead atoms. The van der Waals surface area contributed by atoms with Gasteiger partial charge in [-0.2, -0.15) is 5.10 Å². The lowest BCUT2D eigenvalue weighted by Crippen LogP contribution is -2.05. The summed E-state index contributed by atoms with van der Waals surface area (Å²) < 4.78 is 1.99. The standard InChI is InChI=1S/C15H13ClN4/c16-13-6-4-12(5-7-13)9-17-18-10-14-11-20-8-2-1-3-15(20)19-14/h1-9,11,18H,10H2/b17-9-. The highest BCUT2D eigenvalue weighted by atomic mass is 35.5. The van der Waals surface area contributed by atoms with Gasteiger partial charge < -0.3 is 9.83 Å². The SMILES string of the molecule is Clc1ccc(/C=N\NCc2cn3ccccc3n2)cc1. The summed E-state index contributed by atoms with van der Waals surface area (Å²) in [6.45, 7) is 0.589. The first kappa shape index (κ1) is 12.7. The third-order valence-corrected chi connectivity index (χ3v) is 3.10. The van der Waals surface area contributed by atoms with Crippen LogP contribution in [0.5, 0.6) is 0 Å². The van der Waals surface area contributed by atoms with Crippen molar-refractivity contribution in [1.82, 2.24) is 14.8 Å². The number of fused-ring (bicyclic) bond motifs is 1. The fourth-order valence-corrected chi connectivity index (χ4v) is 1.99. The Morgan fingerprint density at radius 1 is 1.20 bits per heavy atom. The lowest BCUT2D eigenvalue weighted by Gasteiger charge is -1.96. The Kier molecular flexibility index (Phi) is 3.65. The summed E-state index contributed by atoms with van der Waals surface area (Å²) in [6.07, 6.45) is 5.72. The fourth-order valence-electron chi connectivity index (χ4n) is 1.87. The van der Waals surface area contributed by atoms with Crippen molar-refractivity contribution < 1.29 is 0 Å². The van der Waals surface area contributed by atoms with E-state index in [1.165, 1.54) is 0 Å². The molecule has 2 heterocycles. The molecule has 0 saturated carbocycles. The predicted molar refractivity (Wildman–Crippen MR) is 81.1 cm³/mol. The number of nitrogens with zero attached hydrogens (tertiary/aromatic N) is 3. The molecule has 0 aliphatic rings. The number of nitrogens with one attached hydrogen (secondary N) is 1. The number of imidazole rings is 1. The first-order chi connectivity index (χ1) is 9.81. The first-order valence-corrected chi connectivity index (χ1v) is 6.63. The number of halogens is 1. The van der Waals surface area contributed by atoms with Crippen LogP contribution in [0.15, 0.2) is 60.0 Å².